The highest BCUT2D eigenvalue weighted by Crippen LogP contribution is 2.27. The van der Waals surface area contributed by atoms with Gasteiger partial charge in [0.05, 0.1) is 0 Å². The molecule has 3 rings (SSSR count). The molecule has 1 aliphatic rings. The maximum atomic E-state index is 4.52. The first-order valence-electron chi connectivity index (χ1n) is 7.34. The molecule has 5 heteroatoms. The summed E-state index contributed by atoms with van der Waals surface area (Å²) in [5.41, 5.74) is 4.05. The van der Waals surface area contributed by atoms with Gasteiger partial charge in [-0.05, 0) is 55.7 Å². The largest absolute Gasteiger partial charge is 0.370 e. The lowest BCUT2D eigenvalue weighted by molar-refractivity contribution is 0.912. The van der Waals surface area contributed by atoms with Crippen molar-refractivity contribution < 1.29 is 0 Å². The minimum absolute atomic E-state index is 0.775. The summed E-state index contributed by atoms with van der Waals surface area (Å²) in [5, 5.41) is 7.42. The number of nitrogens with zero attached hydrogens (tertiary/aromatic N) is 2. The minimum atomic E-state index is 0.775. The van der Waals surface area contributed by atoms with Crippen LogP contribution in [0.2, 0.25) is 0 Å². The molecule has 1 aromatic carbocycles. The number of aromatic nitrogens is 2. The molecule has 0 saturated carbocycles. The third-order valence-corrected chi connectivity index (χ3v) is 4.16. The zero-order valence-corrected chi connectivity index (χ0v) is 13.3. The number of hydrogen-bond acceptors (Lipinski definition) is 5. The maximum absolute atomic E-state index is 4.52. The molecule has 0 atom stereocenters. The van der Waals surface area contributed by atoms with Crippen LogP contribution in [-0.4, -0.2) is 22.8 Å². The number of fused-ring (bicyclic) bond motifs is 1. The van der Waals surface area contributed by atoms with E-state index in [0.29, 0.717) is 0 Å². The Hall–Kier alpha value is -1.75. The van der Waals surface area contributed by atoms with Gasteiger partial charge in [0.25, 0.3) is 0 Å². The number of thioether (sulfide) groups is 1. The monoisotopic (exact) mass is 300 g/mol. The van der Waals surface area contributed by atoms with Gasteiger partial charge in [0.1, 0.15) is 11.6 Å². The third kappa shape index (κ3) is 3.29. The highest BCUT2D eigenvalue weighted by atomic mass is 32.2. The Balaban J connectivity index is 1.85. The van der Waals surface area contributed by atoms with E-state index in [2.05, 4.69) is 45.7 Å². The van der Waals surface area contributed by atoms with Crippen molar-refractivity contribution in [2.24, 2.45) is 0 Å². The van der Waals surface area contributed by atoms with Gasteiger partial charge in [-0.3, -0.25) is 0 Å². The highest BCUT2D eigenvalue weighted by Gasteiger charge is 2.11. The van der Waals surface area contributed by atoms with Crippen LogP contribution < -0.4 is 10.6 Å². The normalized spacial score (nSPS) is 13.0. The Bertz CT molecular complexity index is 642. The summed E-state index contributed by atoms with van der Waals surface area (Å²) in [6, 6.07) is 8.57. The molecular formula is C16H20N4S. The number of hydrogen-bond donors (Lipinski definition) is 2. The highest BCUT2D eigenvalue weighted by molar-refractivity contribution is 7.98. The summed E-state index contributed by atoms with van der Waals surface area (Å²) in [7, 11) is 0. The maximum Gasteiger partial charge on any atom is 0.191 e. The van der Waals surface area contributed by atoms with Gasteiger partial charge in [0, 0.05) is 18.3 Å². The van der Waals surface area contributed by atoms with Crippen LogP contribution in [0.5, 0.6) is 0 Å². The van der Waals surface area contributed by atoms with Crippen molar-refractivity contribution in [1.82, 2.24) is 9.97 Å². The van der Waals surface area contributed by atoms with Crippen LogP contribution in [0.25, 0.3) is 0 Å². The summed E-state index contributed by atoms with van der Waals surface area (Å²) in [4.78, 5) is 8.97. The molecule has 0 aliphatic heterocycles. The van der Waals surface area contributed by atoms with Crippen LogP contribution >= 0.6 is 11.8 Å². The molecule has 21 heavy (non-hydrogen) atoms. The summed E-state index contributed by atoms with van der Waals surface area (Å²) < 4.78 is 0. The fourth-order valence-corrected chi connectivity index (χ4v) is 3.03. The van der Waals surface area contributed by atoms with Crippen molar-refractivity contribution in [1.29, 1.82) is 0 Å². The van der Waals surface area contributed by atoms with Crippen molar-refractivity contribution in [3.63, 3.8) is 0 Å². The second kappa shape index (κ2) is 6.35. The molecule has 1 aromatic heterocycles. The van der Waals surface area contributed by atoms with Gasteiger partial charge in [-0.15, -0.1) is 0 Å². The van der Waals surface area contributed by atoms with Crippen molar-refractivity contribution in [3.8, 4) is 0 Å². The Morgan fingerprint density at radius 3 is 2.71 bits per heavy atom. The number of nitrogens with one attached hydrogen (secondary N) is 2. The molecule has 0 spiro atoms. The van der Waals surface area contributed by atoms with Gasteiger partial charge in [-0.1, -0.05) is 17.8 Å². The van der Waals surface area contributed by atoms with Crippen molar-refractivity contribution in [3.05, 3.63) is 35.4 Å². The zero-order chi connectivity index (χ0) is 14.7. The molecule has 2 N–H and O–H groups in total. The predicted octanol–water partition coefficient (Wildman–Crippen LogP) is 3.86. The number of aryl methyl sites for hydroxylation is 2. The fraction of sp³-hybridized carbons (Fsp3) is 0.375. The van der Waals surface area contributed by atoms with Crippen molar-refractivity contribution >= 4 is 29.1 Å². The lowest BCUT2D eigenvalue weighted by Gasteiger charge is -2.11. The topological polar surface area (TPSA) is 49.8 Å². The summed E-state index contributed by atoms with van der Waals surface area (Å²) in [5.74, 6) is 1.70. The van der Waals surface area contributed by atoms with Gasteiger partial charge in [0.15, 0.2) is 5.16 Å². The van der Waals surface area contributed by atoms with E-state index in [1.54, 1.807) is 11.8 Å². The van der Waals surface area contributed by atoms with E-state index in [1.165, 1.54) is 30.4 Å². The van der Waals surface area contributed by atoms with Crippen LogP contribution in [0, 0.1) is 0 Å². The quantitative estimate of drug-likeness (QED) is 0.648. The average Bonchev–Trinajstić information content (AvgIpc) is 2.95. The Morgan fingerprint density at radius 2 is 1.90 bits per heavy atom. The number of benzene rings is 1. The minimum Gasteiger partial charge on any atom is -0.370 e. The number of anilines is 3. The first-order valence-corrected chi connectivity index (χ1v) is 8.56. The first kappa shape index (κ1) is 14.2. The second-order valence-corrected chi connectivity index (χ2v) is 5.89. The molecule has 4 nitrogen and oxygen atoms in total. The molecule has 0 amide bonds. The van der Waals surface area contributed by atoms with E-state index in [-0.39, 0.29) is 0 Å². The molecule has 1 heterocycles. The summed E-state index contributed by atoms with van der Waals surface area (Å²) in [6.45, 7) is 2.91. The lowest BCUT2D eigenvalue weighted by atomic mass is 10.1. The van der Waals surface area contributed by atoms with Gasteiger partial charge in [-0.25, -0.2) is 9.97 Å². The van der Waals surface area contributed by atoms with Gasteiger partial charge < -0.3 is 10.6 Å². The number of rotatable bonds is 5. The van der Waals surface area contributed by atoms with Crippen LogP contribution in [0.15, 0.2) is 29.4 Å². The molecule has 0 radical (unpaired) electrons. The lowest BCUT2D eigenvalue weighted by Crippen LogP contribution is -2.03. The predicted molar refractivity (Wildman–Crippen MR) is 89.7 cm³/mol. The first-order chi connectivity index (χ1) is 10.3. The standard InChI is InChI=1S/C16H20N4S/c1-3-17-14-10-15(20-16(19-14)21-2)18-13-8-7-11-5-4-6-12(11)9-13/h7-10H,3-6H2,1-2H3,(H2,17,18,19,20). The molecule has 2 aromatic rings. The Labute approximate surface area is 129 Å². The summed E-state index contributed by atoms with van der Waals surface area (Å²) in [6.07, 6.45) is 5.66. The molecule has 0 bridgehead atoms. The van der Waals surface area contributed by atoms with Gasteiger partial charge in [-0.2, -0.15) is 0 Å². The zero-order valence-electron chi connectivity index (χ0n) is 12.4. The average molecular weight is 300 g/mol. The van der Waals surface area contributed by atoms with E-state index in [4.69, 9.17) is 0 Å². The fourth-order valence-electron chi connectivity index (χ4n) is 2.65. The van der Waals surface area contributed by atoms with Crippen LogP contribution in [0.4, 0.5) is 17.3 Å². The molecule has 0 unspecified atom stereocenters. The van der Waals surface area contributed by atoms with Gasteiger partial charge >= 0.3 is 0 Å². The molecular weight excluding hydrogens is 280 g/mol. The van der Waals surface area contributed by atoms with E-state index in [1.807, 2.05) is 12.3 Å². The van der Waals surface area contributed by atoms with E-state index in [9.17, 15) is 0 Å². The molecule has 0 fully saturated rings. The molecule has 110 valence electrons. The van der Waals surface area contributed by atoms with E-state index < -0.39 is 0 Å². The van der Waals surface area contributed by atoms with Gasteiger partial charge in [0.2, 0.25) is 0 Å². The Kier molecular flexibility index (Phi) is 4.29. The van der Waals surface area contributed by atoms with Crippen molar-refractivity contribution in [2.75, 3.05) is 23.4 Å². The van der Waals surface area contributed by atoms with Crippen LogP contribution in [0.1, 0.15) is 24.5 Å². The SMILES string of the molecule is CCNc1cc(Nc2ccc3c(c2)CCC3)nc(SC)n1. The second-order valence-electron chi connectivity index (χ2n) is 5.12. The Morgan fingerprint density at radius 1 is 1.10 bits per heavy atom. The van der Waals surface area contributed by atoms with Crippen molar-refractivity contribution in [2.45, 2.75) is 31.3 Å². The molecule has 0 saturated heterocycles. The molecule has 1 aliphatic carbocycles. The van der Waals surface area contributed by atoms with E-state index in [0.717, 1.165) is 29.0 Å². The summed E-state index contributed by atoms with van der Waals surface area (Å²) >= 11 is 1.55. The van der Waals surface area contributed by atoms with Crippen LogP contribution in [-0.2, 0) is 12.8 Å². The third-order valence-electron chi connectivity index (χ3n) is 3.62. The van der Waals surface area contributed by atoms with E-state index >= 15 is 0 Å². The van der Waals surface area contributed by atoms with Crippen LogP contribution in [0.3, 0.4) is 0 Å². The smallest absolute Gasteiger partial charge is 0.191 e.